The molecular weight excluding hydrogens is 341 g/mol. The Morgan fingerprint density at radius 3 is 2.60 bits per heavy atom. The van der Waals surface area contributed by atoms with E-state index in [1.165, 1.54) is 6.07 Å². The fraction of sp³-hybridized carbons (Fsp3) is 0.250. The average molecular weight is 360 g/mol. The molecule has 130 valence electrons. The maximum atomic E-state index is 14.5. The Labute approximate surface area is 150 Å². The van der Waals surface area contributed by atoms with Gasteiger partial charge in [0.2, 0.25) is 0 Å². The van der Waals surface area contributed by atoms with E-state index in [0.29, 0.717) is 29.8 Å². The largest absolute Gasteiger partial charge is 0.481 e. The molecule has 1 heterocycles. The summed E-state index contributed by atoms with van der Waals surface area (Å²) >= 11 is 5.92. The second-order valence-corrected chi connectivity index (χ2v) is 6.66. The fourth-order valence-electron chi connectivity index (χ4n) is 3.21. The van der Waals surface area contributed by atoms with Crippen LogP contribution < -0.4 is 0 Å². The monoisotopic (exact) mass is 359 g/mol. The van der Waals surface area contributed by atoms with E-state index in [0.717, 1.165) is 27.7 Å². The van der Waals surface area contributed by atoms with Crippen LogP contribution in [0.3, 0.4) is 0 Å². The van der Waals surface area contributed by atoms with Crippen LogP contribution in [0.5, 0.6) is 0 Å². The van der Waals surface area contributed by atoms with Gasteiger partial charge in [-0.2, -0.15) is 0 Å². The van der Waals surface area contributed by atoms with Crippen molar-refractivity contribution in [1.82, 2.24) is 4.98 Å². The molecule has 0 fully saturated rings. The summed E-state index contributed by atoms with van der Waals surface area (Å²) in [6, 6.07) is 10.6. The second-order valence-electron chi connectivity index (χ2n) is 6.23. The van der Waals surface area contributed by atoms with Gasteiger partial charge in [0.1, 0.15) is 5.82 Å². The number of carboxylic acid groups (broad SMARTS) is 1. The molecular formula is C20H19ClFNO2. The molecule has 3 nitrogen and oxygen atoms in total. The Bertz CT molecular complexity index is 916. The average Bonchev–Trinajstić information content (AvgIpc) is 2.88. The Hall–Kier alpha value is -2.33. The zero-order valence-corrected chi connectivity index (χ0v) is 14.7. The summed E-state index contributed by atoms with van der Waals surface area (Å²) in [6.45, 7) is 1.96. The lowest BCUT2D eigenvalue weighted by Gasteiger charge is -2.07. The summed E-state index contributed by atoms with van der Waals surface area (Å²) in [4.78, 5) is 14.0. The van der Waals surface area contributed by atoms with E-state index in [2.05, 4.69) is 4.98 Å². The minimum atomic E-state index is -0.803. The summed E-state index contributed by atoms with van der Waals surface area (Å²) in [6.07, 6.45) is 1.79. The lowest BCUT2D eigenvalue weighted by Crippen LogP contribution is -1.97. The van der Waals surface area contributed by atoms with Gasteiger partial charge in [0.25, 0.3) is 0 Å². The van der Waals surface area contributed by atoms with Crippen LogP contribution >= 0.6 is 11.6 Å². The van der Waals surface area contributed by atoms with Gasteiger partial charge in [0, 0.05) is 40.0 Å². The number of rotatable bonds is 6. The highest BCUT2D eigenvalue weighted by molar-refractivity contribution is 6.30. The zero-order chi connectivity index (χ0) is 18.0. The molecule has 2 N–H and O–H groups in total. The third-order valence-corrected chi connectivity index (χ3v) is 4.73. The van der Waals surface area contributed by atoms with Crippen molar-refractivity contribution >= 4 is 28.5 Å². The molecule has 0 aliphatic rings. The number of aliphatic carboxylic acids is 1. The number of hydrogen-bond acceptors (Lipinski definition) is 1. The number of aromatic amines is 1. The maximum Gasteiger partial charge on any atom is 0.303 e. The predicted octanol–water partition coefficient (Wildman–Crippen LogP) is 5.27. The third-order valence-electron chi connectivity index (χ3n) is 4.48. The van der Waals surface area contributed by atoms with Crippen molar-refractivity contribution in [2.75, 3.05) is 0 Å². The molecule has 25 heavy (non-hydrogen) atoms. The van der Waals surface area contributed by atoms with Crippen LogP contribution in [0.4, 0.5) is 4.39 Å². The van der Waals surface area contributed by atoms with Gasteiger partial charge in [0.05, 0.1) is 0 Å². The molecule has 1 aromatic heterocycles. The van der Waals surface area contributed by atoms with Crippen molar-refractivity contribution < 1.29 is 14.3 Å². The first-order chi connectivity index (χ1) is 12.0. The molecule has 0 saturated carbocycles. The van der Waals surface area contributed by atoms with Gasteiger partial charge in [-0.3, -0.25) is 4.79 Å². The normalized spacial score (nSPS) is 11.2. The molecule has 2 aromatic carbocycles. The highest BCUT2D eigenvalue weighted by Crippen LogP contribution is 2.30. The number of nitrogens with one attached hydrogen (secondary N) is 1. The van der Waals surface area contributed by atoms with Crippen LogP contribution in [-0.4, -0.2) is 16.1 Å². The highest BCUT2D eigenvalue weighted by atomic mass is 35.5. The van der Waals surface area contributed by atoms with Crippen LogP contribution in [0.25, 0.3) is 10.9 Å². The van der Waals surface area contributed by atoms with Crippen molar-refractivity contribution in [1.29, 1.82) is 0 Å². The Morgan fingerprint density at radius 1 is 1.20 bits per heavy atom. The van der Waals surface area contributed by atoms with Crippen molar-refractivity contribution in [2.45, 2.75) is 32.6 Å². The van der Waals surface area contributed by atoms with Gasteiger partial charge < -0.3 is 10.1 Å². The summed E-state index contributed by atoms with van der Waals surface area (Å²) in [7, 11) is 0. The van der Waals surface area contributed by atoms with Gasteiger partial charge >= 0.3 is 5.97 Å². The lowest BCUT2D eigenvalue weighted by molar-refractivity contribution is -0.137. The van der Waals surface area contributed by atoms with Crippen molar-refractivity contribution in [3.05, 3.63) is 69.6 Å². The van der Waals surface area contributed by atoms with Gasteiger partial charge in [0.15, 0.2) is 0 Å². The summed E-state index contributed by atoms with van der Waals surface area (Å²) in [5.41, 5.74) is 4.48. The van der Waals surface area contributed by atoms with E-state index in [4.69, 9.17) is 16.7 Å². The van der Waals surface area contributed by atoms with Gasteiger partial charge in [-0.05, 0) is 55.2 Å². The highest BCUT2D eigenvalue weighted by Gasteiger charge is 2.15. The third kappa shape index (κ3) is 3.85. The number of H-pyrrole nitrogens is 1. The molecule has 5 heteroatoms. The SMILES string of the molecule is Cc1c(CCCC(=O)O)[nH]c2ccc(F)c(Cc3ccc(Cl)cc3)c12. The zero-order valence-electron chi connectivity index (χ0n) is 13.9. The second kappa shape index (κ2) is 7.28. The molecule has 0 bridgehead atoms. The Morgan fingerprint density at radius 2 is 1.92 bits per heavy atom. The number of aromatic nitrogens is 1. The van der Waals surface area contributed by atoms with Crippen molar-refractivity contribution in [3.8, 4) is 0 Å². The molecule has 0 radical (unpaired) electrons. The van der Waals surface area contributed by atoms with Crippen LogP contribution in [-0.2, 0) is 17.6 Å². The number of aryl methyl sites for hydroxylation is 2. The van der Waals surface area contributed by atoms with E-state index in [-0.39, 0.29) is 12.2 Å². The van der Waals surface area contributed by atoms with Gasteiger partial charge in [-0.1, -0.05) is 23.7 Å². The minimum Gasteiger partial charge on any atom is -0.481 e. The number of carbonyl (C=O) groups is 1. The van der Waals surface area contributed by atoms with Crippen molar-refractivity contribution in [2.24, 2.45) is 0 Å². The minimum absolute atomic E-state index is 0.126. The number of benzene rings is 2. The molecule has 0 aliphatic heterocycles. The Kier molecular flexibility index (Phi) is 5.09. The molecule has 3 rings (SSSR count). The molecule has 0 amide bonds. The standard InChI is InChI=1S/C20H19ClFNO2/c1-12-17(3-2-4-19(24)25)23-18-10-9-16(22)15(20(12)18)11-13-5-7-14(21)8-6-13/h5-10,23H,2-4,11H2,1H3,(H,24,25). The molecule has 0 spiro atoms. The van der Waals surface area contributed by atoms with Gasteiger partial charge in [-0.15, -0.1) is 0 Å². The molecule has 0 saturated heterocycles. The molecule has 0 unspecified atom stereocenters. The predicted molar refractivity (Wildman–Crippen MR) is 97.8 cm³/mol. The lowest BCUT2D eigenvalue weighted by atomic mass is 9.98. The number of hydrogen-bond donors (Lipinski definition) is 2. The summed E-state index contributed by atoms with van der Waals surface area (Å²) < 4.78 is 14.5. The number of fused-ring (bicyclic) bond motifs is 1. The van der Waals surface area contributed by atoms with E-state index >= 15 is 0 Å². The topological polar surface area (TPSA) is 53.1 Å². The van der Waals surface area contributed by atoms with Crippen LogP contribution in [0.1, 0.15) is 35.2 Å². The quantitative estimate of drug-likeness (QED) is 0.630. The van der Waals surface area contributed by atoms with Crippen LogP contribution in [0, 0.1) is 12.7 Å². The maximum absolute atomic E-state index is 14.5. The molecule has 0 atom stereocenters. The van der Waals surface area contributed by atoms with Crippen molar-refractivity contribution in [3.63, 3.8) is 0 Å². The van der Waals surface area contributed by atoms with E-state index in [9.17, 15) is 9.18 Å². The molecule has 0 aliphatic carbocycles. The number of halogens is 2. The van der Waals surface area contributed by atoms with E-state index in [1.807, 2.05) is 19.1 Å². The van der Waals surface area contributed by atoms with Crippen LogP contribution in [0.15, 0.2) is 36.4 Å². The summed E-state index contributed by atoms with van der Waals surface area (Å²) in [5.74, 6) is -1.04. The first kappa shape index (κ1) is 17.5. The first-order valence-corrected chi connectivity index (χ1v) is 8.58. The molecule has 3 aromatic rings. The summed E-state index contributed by atoms with van der Waals surface area (Å²) in [5, 5.41) is 10.3. The smallest absolute Gasteiger partial charge is 0.303 e. The first-order valence-electron chi connectivity index (χ1n) is 8.20. The van der Waals surface area contributed by atoms with Gasteiger partial charge in [-0.25, -0.2) is 4.39 Å². The fourth-order valence-corrected chi connectivity index (χ4v) is 3.33. The Balaban J connectivity index is 1.96. The van der Waals surface area contributed by atoms with E-state index in [1.54, 1.807) is 18.2 Å². The number of carboxylic acids is 1. The van der Waals surface area contributed by atoms with Crippen LogP contribution in [0.2, 0.25) is 5.02 Å². The van der Waals surface area contributed by atoms with E-state index < -0.39 is 5.97 Å².